The number of benzene rings is 4. The van der Waals surface area contributed by atoms with E-state index in [4.69, 9.17) is 14.2 Å². The van der Waals surface area contributed by atoms with Crippen LogP contribution in [0.4, 0.5) is 5.69 Å². The number of aryl methyl sites for hydroxylation is 1. The van der Waals surface area contributed by atoms with Crippen LogP contribution >= 0.6 is 0 Å². The Kier molecular flexibility index (Phi) is 13.2. The molecule has 0 aliphatic heterocycles. The Morgan fingerprint density at radius 3 is 2.17 bits per heavy atom. The second-order valence-electron chi connectivity index (χ2n) is 13.0. The summed E-state index contributed by atoms with van der Waals surface area (Å²) in [5.41, 5.74) is 2.95. The Balaban J connectivity index is 1.59. The molecule has 10 nitrogen and oxygen atoms in total. The lowest BCUT2D eigenvalue weighted by Gasteiger charge is -2.35. The van der Waals surface area contributed by atoms with Crippen LogP contribution < -0.4 is 23.8 Å². The third-order valence-electron chi connectivity index (χ3n) is 9.48. The molecule has 1 atom stereocenters. The summed E-state index contributed by atoms with van der Waals surface area (Å²) in [6.07, 6.45) is 5.21. The third kappa shape index (κ3) is 9.44. The van der Waals surface area contributed by atoms with Gasteiger partial charge in [0.1, 0.15) is 18.3 Å². The fourth-order valence-corrected chi connectivity index (χ4v) is 8.01. The summed E-state index contributed by atoms with van der Waals surface area (Å²) in [6.45, 7) is 3.79. The number of carbonyl (C=O) groups is 2. The van der Waals surface area contributed by atoms with Gasteiger partial charge in [-0.2, -0.15) is 0 Å². The van der Waals surface area contributed by atoms with Gasteiger partial charge >= 0.3 is 0 Å². The molecule has 276 valence electrons. The number of amides is 2. The van der Waals surface area contributed by atoms with Crippen LogP contribution in [0.25, 0.3) is 0 Å². The van der Waals surface area contributed by atoms with Gasteiger partial charge in [0.15, 0.2) is 11.5 Å². The number of anilines is 1. The molecule has 1 fully saturated rings. The van der Waals surface area contributed by atoms with Crippen molar-refractivity contribution in [1.82, 2.24) is 10.2 Å². The maximum Gasteiger partial charge on any atom is 0.264 e. The molecular formula is C41H49N3O7S. The molecule has 0 heterocycles. The lowest BCUT2D eigenvalue weighted by atomic mass is 9.94. The molecule has 0 unspecified atom stereocenters. The van der Waals surface area contributed by atoms with E-state index in [0.29, 0.717) is 18.1 Å². The van der Waals surface area contributed by atoms with E-state index < -0.39 is 28.5 Å². The number of methoxy groups -OCH3 is 2. The first-order valence-electron chi connectivity index (χ1n) is 17.8. The van der Waals surface area contributed by atoms with Gasteiger partial charge in [-0.15, -0.1) is 0 Å². The second kappa shape index (κ2) is 17.9. The van der Waals surface area contributed by atoms with E-state index in [1.807, 2.05) is 68.4 Å². The number of rotatable bonds is 16. The van der Waals surface area contributed by atoms with E-state index in [0.717, 1.165) is 53.1 Å². The lowest BCUT2D eigenvalue weighted by molar-refractivity contribution is -0.140. The first kappa shape index (κ1) is 38.2. The number of sulfonamides is 1. The molecule has 0 aromatic heterocycles. The minimum absolute atomic E-state index is 0.0146. The number of hydrogen-bond acceptors (Lipinski definition) is 7. The van der Waals surface area contributed by atoms with Crippen molar-refractivity contribution in [2.45, 2.75) is 75.9 Å². The number of ether oxygens (including phenoxy) is 3. The van der Waals surface area contributed by atoms with Crippen LogP contribution in [0.1, 0.15) is 55.7 Å². The molecular weight excluding hydrogens is 679 g/mol. The molecule has 52 heavy (non-hydrogen) atoms. The zero-order valence-electron chi connectivity index (χ0n) is 30.4. The molecule has 4 aromatic rings. The van der Waals surface area contributed by atoms with Crippen LogP contribution in [0.2, 0.25) is 0 Å². The quantitative estimate of drug-likeness (QED) is 0.137. The number of nitrogens with one attached hydrogen (secondary N) is 1. The molecule has 0 radical (unpaired) electrons. The number of hydrogen-bond donors (Lipinski definition) is 1. The molecule has 4 aromatic carbocycles. The number of nitrogens with zero attached hydrogens (tertiary/aromatic N) is 2. The summed E-state index contributed by atoms with van der Waals surface area (Å²) in [7, 11) is -1.47. The van der Waals surface area contributed by atoms with E-state index in [2.05, 4.69) is 5.32 Å². The van der Waals surface area contributed by atoms with Crippen LogP contribution in [0.3, 0.4) is 0 Å². The van der Waals surface area contributed by atoms with Gasteiger partial charge in [0.25, 0.3) is 10.0 Å². The van der Waals surface area contributed by atoms with E-state index >= 15 is 0 Å². The maximum absolute atomic E-state index is 14.9. The lowest BCUT2D eigenvalue weighted by Crippen LogP contribution is -2.55. The van der Waals surface area contributed by atoms with Crippen LogP contribution in [0.15, 0.2) is 102 Å². The summed E-state index contributed by atoms with van der Waals surface area (Å²) in [4.78, 5) is 30.7. The van der Waals surface area contributed by atoms with Gasteiger partial charge in [-0.3, -0.25) is 13.9 Å². The molecule has 1 saturated carbocycles. The minimum Gasteiger partial charge on any atom is -0.494 e. The Hall–Kier alpha value is -5.03. The first-order chi connectivity index (χ1) is 25.1. The maximum atomic E-state index is 14.9. The predicted octanol–water partition coefficient (Wildman–Crippen LogP) is 6.70. The van der Waals surface area contributed by atoms with E-state index in [9.17, 15) is 18.0 Å². The van der Waals surface area contributed by atoms with Gasteiger partial charge in [0.2, 0.25) is 11.8 Å². The van der Waals surface area contributed by atoms with E-state index in [1.54, 1.807) is 29.2 Å². The average Bonchev–Trinajstić information content (AvgIpc) is 3.16. The van der Waals surface area contributed by atoms with Crippen LogP contribution in [0.5, 0.6) is 17.2 Å². The van der Waals surface area contributed by atoms with E-state index in [-0.39, 0.29) is 41.2 Å². The monoisotopic (exact) mass is 727 g/mol. The Bertz CT molecular complexity index is 1900. The Morgan fingerprint density at radius 1 is 0.846 bits per heavy atom. The molecule has 2 amide bonds. The molecule has 0 spiro atoms. The second-order valence-corrected chi connectivity index (χ2v) is 14.8. The van der Waals surface area contributed by atoms with Gasteiger partial charge < -0.3 is 24.4 Å². The van der Waals surface area contributed by atoms with Crippen molar-refractivity contribution in [3.63, 3.8) is 0 Å². The summed E-state index contributed by atoms with van der Waals surface area (Å²) >= 11 is 0. The van der Waals surface area contributed by atoms with Crippen LogP contribution in [-0.2, 0) is 32.6 Å². The van der Waals surface area contributed by atoms with Crippen molar-refractivity contribution >= 4 is 27.5 Å². The summed E-state index contributed by atoms with van der Waals surface area (Å²) in [5, 5.41) is 3.25. The topological polar surface area (TPSA) is 114 Å². The van der Waals surface area contributed by atoms with Crippen molar-refractivity contribution in [2.75, 3.05) is 31.7 Å². The molecule has 1 N–H and O–H groups in total. The normalized spacial score (nSPS) is 13.8. The van der Waals surface area contributed by atoms with Gasteiger partial charge in [-0.25, -0.2) is 8.42 Å². The molecule has 0 saturated heterocycles. The van der Waals surface area contributed by atoms with E-state index in [1.165, 1.54) is 32.4 Å². The van der Waals surface area contributed by atoms with Crippen molar-refractivity contribution in [3.8, 4) is 17.2 Å². The fourth-order valence-electron chi connectivity index (χ4n) is 6.58. The number of carbonyl (C=O) groups excluding carboxylic acids is 2. The van der Waals surface area contributed by atoms with Crippen molar-refractivity contribution in [1.29, 1.82) is 0 Å². The van der Waals surface area contributed by atoms with Crippen molar-refractivity contribution in [2.24, 2.45) is 0 Å². The first-order valence-corrected chi connectivity index (χ1v) is 19.2. The molecule has 0 bridgehead atoms. The van der Waals surface area contributed by atoms with Crippen LogP contribution in [-0.4, -0.2) is 64.6 Å². The molecule has 1 aliphatic carbocycles. The SMILES string of the molecule is CCOc1ccc(N(CC(=O)N(Cc2ccccc2C)[C@H](Cc2ccccc2)C(=O)NC2CCCCC2)S(=O)(=O)c2ccc(OC)c(OC)c2)cc1. The average molecular weight is 728 g/mol. The third-order valence-corrected chi connectivity index (χ3v) is 11.3. The molecule has 11 heteroatoms. The molecule has 5 rings (SSSR count). The van der Waals surface area contributed by atoms with Crippen LogP contribution in [0, 0.1) is 6.92 Å². The highest BCUT2D eigenvalue weighted by Crippen LogP contribution is 2.33. The Labute approximate surface area is 307 Å². The van der Waals surface area contributed by atoms with Gasteiger partial charge in [-0.05, 0) is 79.8 Å². The standard InChI is InChI=1S/C41H49N3O7S/c1-5-51-35-22-20-34(21-23-35)44(52(47,48)36-24-25-38(49-3)39(27-36)50-4)29-40(45)43(28-32-17-13-12-14-30(32)2)37(26-31-15-8-6-9-16-31)41(46)42-33-18-10-7-11-19-33/h6,8-9,12-17,20-25,27,33,37H,5,7,10-11,18-19,26,28-29H2,1-4H3,(H,42,46)/t37-/m1/s1. The minimum atomic E-state index is -4.37. The summed E-state index contributed by atoms with van der Waals surface area (Å²) in [6, 6.07) is 27.3. The highest BCUT2D eigenvalue weighted by Gasteiger charge is 2.36. The molecule has 1 aliphatic rings. The van der Waals surface area contributed by atoms with Crippen molar-refractivity contribution in [3.05, 3.63) is 114 Å². The zero-order valence-corrected chi connectivity index (χ0v) is 31.2. The highest BCUT2D eigenvalue weighted by molar-refractivity contribution is 7.92. The smallest absolute Gasteiger partial charge is 0.264 e. The summed E-state index contributed by atoms with van der Waals surface area (Å²) < 4.78 is 46.7. The zero-order chi connectivity index (χ0) is 37.1. The predicted molar refractivity (Wildman–Crippen MR) is 202 cm³/mol. The van der Waals surface area contributed by atoms with Gasteiger partial charge in [0.05, 0.1) is 31.4 Å². The Morgan fingerprint density at radius 2 is 1.52 bits per heavy atom. The fraction of sp³-hybridized carbons (Fsp3) is 0.366. The van der Waals surface area contributed by atoms with Crippen molar-refractivity contribution < 1.29 is 32.2 Å². The summed E-state index contributed by atoms with van der Waals surface area (Å²) in [5.74, 6) is 0.366. The van der Waals surface area contributed by atoms with Gasteiger partial charge in [0, 0.05) is 25.1 Å². The van der Waals surface area contributed by atoms with Gasteiger partial charge in [-0.1, -0.05) is 73.9 Å². The largest absolute Gasteiger partial charge is 0.494 e. The highest BCUT2D eigenvalue weighted by atomic mass is 32.2.